The van der Waals surface area contributed by atoms with Crippen LogP contribution in [0.4, 0.5) is 0 Å². The summed E-state index contributed by atoms with van der Waals surface area (Å²) >= 11 is 0. The minimum atomic E-state index is -0.847. The van der Waals surface area contributed by atoms with Crippen molar-refractivity contribution in [1.29, 1.82) is 0 Å². The normalized spacial score (nSPS) is 13.9. The van der Waals surface area contributed by atoms with Crippen molar-refractivity contribution in [3.8, 4) is 0 Å². The van der Waals surface area contributed by atoms with Crippen LogP contribution in [0.15, 0.2) is 0 Å². The zero-order valence-corrected chi connectivity index (χ0v) is 34.2. The zero-order valence-electron chi connectivity index (χ0n) is 34.2. The molecule has 0 aliphatic rings. The van der Waals surface area contributed by atoms with Crippen LogP contribution in [-0.2, 0) is 23.7 Å². The van der Waals surface area contributed by atoms with Crippen LogP contribution in [0.3, 0.4) is 0 Å². The van der Waals surface area contributed by atoms with E-state index in [9.17, 15) is 4.79 Å². The average Bonchev–Trinajstić information content (AvgIpc) is 3.09. The molecule has 0 bridgehead atoms. The Bertz CT molecular complexity index is 702. The summed E-state index contributed by atoms with van der Waals surface area (Å²) < 4.78 is 24.1. The lowest BCUT2D eigenvalue weighted by molar-refractivity contribution is -0.148. The number of hydrogen-bond donors (Lipinski definition) is 1. The number of ether oxygens (including phenoxy) is 4. The smallest absolute Gasteiger partial charge is 0.251 e. The highest BCUT2D eigenvalue weighted by molar-refractivity contribution is 5.84. The Labute approximate surface area is 306 Å². The van der Waals surface area contributed by atoms with Gasteiger partial charge in [0.1, 0.15) is 5.60 Å². The van der Waals surface area contributed by atoms with Gasteiger partial charge in [-0.1, -0.05) is 162 Å². The van der Waals surface area contributed by atoms with Crippen molar-refractivity contribution in [2.75, 3.05) is 40.1 Å². The Hall–Kier alpha value is -0.690. The molecule has 6 heteroatoms. The largest absolute Gasteiger partial charge is 0.379 e. The van der Waals surface area contributed by atoms with Crippen LogP contribution in [0.5, 0.6) is 0 Å². The Balaban J connectivity index is 4.40. The van der Waals surface area contributed by atoms with Crippen molar-refractivity contribution in [2.24, 2.45) is 0 Å². The third-order valence-electron chi connectivity index (χ3n) is 10.4. The molecule has 0 saturated heterocycles. The summed E-state index contributed by atoms with van der Waals surface area (Å²) in [6, 6.07) is 0. The molecule has 2 atom stereocenters. The van der Waals surface area contributed by atoms with Crippen molar-refractivity contribution in [3.63, 3.8) is 0 Å². The summed E-state index contributed by atoms with van der Waals surface area (Å²) in [6.07, 6.45) is 34.4. The molecule has 1 N–H and O–H groups in total. The summed E-state index contributed by atoms with van der Waals surface area (Å²) in [5.41, 5.74) is -1.11. The summed E-state index contributed by atoms with van der Waals surface area (Å²) in [7, 11) is 1.71. The first-order valence-corrected chi connectivity index (χ1v) is 21.4. The number of carbonyl (C=O) groups is 1. The SMILES string of the molecule is CCCCCCCCCCCCCCOCC(CCNC(=O)C(C)(CC)OCCC(C)(C)OC)OCCCCCCCCCCCCCC. The molecule has 49 heavy (non-hydrogen) atoms. The second-order valence-electron chi connectivity index (χ2n) is 15.5. The van der Waals surface area contributed by atoms with Crippen molar-refractivity contribution in [3.05, 3.63) is 0 Å². The molecule has 1 amide bonds. The van der Waals surface area contributed by atoms with Gasteiger partial charge in [0.2, 0.25) is 0 Å². The minimum Gasteiger partial charge on any atom is -0.379 e. The molecule has 0 radical (unpaired) electrons. The van der Waals surface area contributed by atoms with Gasteiger partial charge in [0.05, 0.1) is 24.9 Å². The van der Waals surface area contributed by atoms with Gasteiger partial charge in [-0.25, -0.2) is 0 Å². The molecule has 0 rings (SSSR count). The van der Waals surface area contributed by atoms with Crippen LogP contribution in [0, 0.1) is 0 Å². The maximum atomic E-state index is 13.1. The fourth-order valence-electron chi connectivity index (χ4n) is 6.15. The molecule has 0 fully saturated rings. The third-order valence-corrected chi connectivity index (χ3v) is 10.4. The molecule has 0 aliphatic carbocycles. The average molecular weight is 698 g/mol. The van der Waals surface area contributed by atoms with Crippen LogP contribution in [-0.4, -0.2) is 63.3 Å². The first-order valence-electron chi connectivity index (χ1n) is 21.4. The number of hydrogen-bond acceptors (Lipinski definition) is 5. The van der Waals surface area contributed by atoms with Crippen molar-refractivity contribution in [2.45, 2.75) is 232 Å². The van der Waals surface area contributed by atoms with Crippen molar-refractivity contribution in [1.82, 2.24) is 5.32 Å². The molecule has 0 saturated carbocycles. The van der Waals surface area contributed by atoms with E-state index in [0.29, 0.717) is 26.2 Å². The number of amides is 1. The standard InChI is InChI=1S/C43H87NO5/c1-8-11-13-15-17-19-21-23-25-27-29-31-36-47-39-40(48-37-32-30-28-26-24-22-20-18-16-14-12-9-2)33-35-44-41(45)43(6,10-3)49-38-34-42(4,5)46-7/h40H,8-39H2,1-7H3,(H,44,45). The lowest BCUT2D eigenvalue weighted by Gasteiger charge is -2.30. The predicted molar refractivity (Wildman–Crippen MR) is 211 cm³/mol. The minimum absolute atomic E-state index is 0.00152. The molecule has 0 aliphatic heterocycles. The van der Waals surface area contributed by atoms with E-state index in [-0.39, 0.29) is 17.6 Å². The number of unbranched alkanes of at least 4 members (excludes halogenated alkanes) is 22. The molecule has 0 aromatic heterocycles. The molecule has 294 valence electrons. The molecule has 6 nitrogen and oxygen atoms in total. The van der Waals surface area contributed by atoms with Crippen LogP contribution in [0.1, 0.15) is 215 Å². The van der Waals surface area contributed by atoms with Gasteiger partial charge >= 0.3 is 0 Å². The second-order valence-corrected chi connectivity index (χ2v) is 15.5. The number of carbonyl (C=O) groups excluding carboxylic acids is 1. The van der Waals surface area contributed by atoms with E-state index >= 15 is 0 Å². The topological polar surface area (TPSA) is 66.0 Å². The van der Waals surface area contributed by atoms with E-state index in [1.54, 1.807) is 7.11 Å². The second kappa shape index (κ2) is 34.4. The first-order chi connectivity index (χ1) is 23.7. The van der Waals surface area contributed by atoms with Gasteiger partial charge in [0.15, 0.2) is 0 Å². The third kappa shape index (κ3) is 30.6. The molecule has 2 unspecified atom stereocenters. The van der Waals surface area contributed by atoms with Crippen LogP contribution in [0.2, 0.25) is 0 Å². The maximum absolute atomic E-state index is 13.1. The van der Waals surface area contributed by atoms with Gasteiger partial charge < -0.3 is 24.3 Å². The quantitative estimate of drug-likeness (QED) is 0.0648. The Kier molecular flexibility index (Phi) is 33.9. The summed E-state index contributed by atoms with van der Waals surface area (Å²) in [5.74, 6) is -0.0534. The van der Waals surface area contributed by atoms with Crippen LogP contribution in [0.25, 0.3) is 0 Å². The highest BCUT2D eigenvalue weighted by Gasteiger charge is 2.33. The van der Waals surface area contributed by atoms with E-state index in [1.165, 1.54) is 141 Å². The van der Waals surface area contributed by atoms with Gasteiger partial charge in [-0.15, -0.1) is 0 Å². The number of nitrogens with one attached hydrogen (secondary N) is 1. The zero-order chi connectivity index (χ0) is 36.3. The van der Waals surface area contributed by atoms with Gasteiger partial charge in [-0.05, 0) is 52.9 Å². The van der Waals surface area contributed by atoms with Gasteiger partial charge in [-0.2, -0.15) is 0 Å². The predicted octanol–water partition coefficient (Wildman–Crippen LogP) is 12.3. The first kappa shape index (κ1) is 48.3. The summed E-state index contributed by atoms with van der Waals surface area (Å²) in [4.78, 5) is 13.1. The van der Waals surface area contributed by atoms with E-state index in [2.05, 4.69) is 19.2 Å². The monoisotopic (exact) mass is 698 g/mol. The highest BCUT2D eigenvalue weighted by atomic mass is 16.5. The fourth-order valence-corrected chi connectivity index (χ4v) is 6.15. The Morgan fingerprint density at radius 2 is 1.02 bits per heavy atom. The van der Waals surface area contributed by atoms with Gasteiger partial charge in [0, 0.05) is 26.9 Å². The molecule has 0 heterocycles. The molecule has 0 aromatic carbocycles. The Morgan fingerprint density at radius 1 is 0.592 bits per heavy atom. The van der Waals surface area contributed by atoms with E-state index in [1.807, 2.05) is 27.7 Å². The summed E-state index contributed by atoms with van der Waals surface area (Å²) in [5, 5.41) is 3.14. The van der Waals surface area contributed by atoms with Crippen molar-refractivity contribution < 1.29 is 23.7 Å². The highest BCUT2D eigenvalue weighted by Crippen LogP contribution is 2.20. The number of methoxy groups -OCH3 is 1. The maximum Gasteiger partial charge on any atom is 0.251 e. The lowest BCUT2D eigenvalue weighted by Crippen LogP contribution is -2.47. The molecule has 0 spiro atoms. The number of rotatable bonds is 39. The van der Waals surface area contributed by atoms with E-state index < -0.39 is 5.60 Å². The van der Waals surface area contributed by atoms with Crippen molar-refractivity contribution >= 4 is 5.91 Å². The summed E-state index contributed by atoms with van der Waals surface area (Å²) in [6.45, 7) is 15.7. The fraction of sp³-hybridized carbons (Fsp3) is 0.977. The van der Waals surface area contributed by atoms with Crippen LogP contribution >= 0.6 is 0 Å². The molecular formula is C43H87NO5. The van der Waals surface area contributed by atoms with Gasteiger partial charge in [0.25, 0.3) is 5.91 Å². The molecule has 0 aromatic rings. The van der Waals surface area contributed by atoms with E-state index in [4.69, 9.17) is 18.9 Å². The van der Waals surface area contributed by atoms with E-state index in [0.717, 1.165) is 38.9 Å². The lowest BCUT2D eigenvalue weighted by atomic mass is 10.0. The van der Waals surface area contributed by atoms with Gasteiger partial charge in [-0.3, -0.25) is 4.79 Å². The Morgan fingerprint density at radius 3 is 1.45 bits per heavy atom. The van der Waals surface area contributed by atoms with Crippen LogP contribution < -0.4 is 5.32 Å². The molecular weight excluding hydrogens is 610 g/mol.